The van der Waals surface area contributed by atoms with Crippen LogP contribution in [0.2, 0.25) is 0 Å². The zero-order valence-electron chi connectivity index (χ0n) is 12.1. The summed E-state index contributed by atoms with van der Waals surface area (Å²) in [7, 11) is 1.79. The van der Waals surface area contributed by atoms with Crippen molar-refractivity contribution in [2.75, 3.05) is 33.4 Å². The van der Waals surface area contributed by atoms with Crippen LogP contribution in [0.25, 0.3) is 0 Å². The van der Waals surface area contributed by atoms with E-state index in [2.05, 4.69) is 30.0 Å². The van der Waals surface area contributed by atoms with E-state index >= 15 is 0 Å². The Balaban J connectivity index is 1.92. The van der Waals surface area contributed by atoms with Crippen molar-refractivity contribution in [1.82, 2.24) is 4.90 Å². The van der Waals surface area contributed by atoms with Crippen LogP contribution < -0.4 is 4.74 Å². The fourth-order valence-corrected chi connectivity index (χ4v) is 2.66. The van der Waals surface area contributed by atoms with Gasteiger partial charge in [0.15, 0.2) is 0 Å². The molecule has 0 radical (unpaired) electrons. The Labute approximate surface area is 116 Å². The first-order valence-corrected chi connectivity index (χ1v) is 7.25. The molecule has 3 nitrogen and oxygen atoms in total. The summed E-state index contributed by atoms with van der Waals surface area (Å²) in [6, 6.07) is 8.39. The van der Waals surface area contributed by atoms with Crippen LogP contribution >= 0.6 is 0 Å². The topological polar surface area (TPSA) is 21.7 Å². The van der Waals surface area contributed by atoms with E-state index in [4.69, 9.17) is 9.47 Å². The number of rotatable bonds is 7. The molecule has 0 aliphatic carbocycles. The van der Waals surface area contributed by atoms with Crippen molar-refractivity contribution in [3.05, 3.63) is 29.8 Å². The molecule has 19 heavy (non-hydrogen) atoms. The molecule has 0 saturated carbocycles. The molecule has 1 fully saturated rings. The van der Waals surface area contributed by atoms with Crippen molar-refractivity contribution in [3.63, 3.8) is 0 Å². The number of benzene rings is 1. The molecule has 1 atom stereocenters. The lowest BCUT2D eigenvalue weighted by atomic mass is 10.1. The molecule has 1 aliphatic heterocycles. The van der Waals surface area contributed by atoms with Gasteiger partial charge in [0, 0.05) is 25.8 Å². The number of hydrogen-bond acceptors (Lipinski definition) is 3. The highest BCUT2D eigenvalue weighted by Gasteiger charge is 2.22. The fraction of sp³-hybridized carbons (Fsp3) is 0.625. The number of nitrogens with zero attached hydrogens (tertiary/aromatic N) is 1. The second kappa shape index (κ2) is 7.51. The zero-order chi connectivity index (χ0) is 13.5. The predicted octanol–water partition coefficient (Wildman–Crippen LogP) is 2.94. The molecule has 3 heteroatoms. The van der Waals surface area contributed by atoms with Gasteiger partial charge in [0.25, 0.3) is 0 Å². The first-order chi connectivity index (χ1) is 9.33. The van der Waals surface area contributed by atoms with Crippen LogP contribution in [0, 0.1) is 5.92 Å². The molecule has 0 spiro atoms. The molecule has 1 aliphatic rings. The first kappa shape index (κ1) is 14.4. The van der Waals surface area contributed by atoms with E-state index in [9.17, 15) is 0 Å². The minimum atomic E-state index is 0.689. The highest BCUT2D eigenvalue weighted by Crippen LogP contribution is 2.24. The molecule has 1 aromatic rings. The van der Waals surface area contributed by atoms with Gasteiger partial charge in [-0.2, -0.15) is 0 Å². The van der Waals surface area contributed by atoms with Gasteiger partial charge in [-0.05, 0) is 31.4 Å². The van der Waals surface area contributed by atoms with Crippen molar-refractivity contribution in [3.8, 4) is 5.75 Å². The smallest absolute Gasteiger partial charge is 0.123 e. The molecule has 106 valence electrons. The highest BCUT2D eigenvalue weighted by molar-refractivity contribution is 5.33. The highest BCUT2D eigenvalue weighted by atomic mass is 16.5. The number of likely N-dealkylation sites (tertiary alicyclic amines) is 1. The van der Waals surface area contributed by atoms with E-state index in [0.29, 0.717) is 5.92 Å². The number of ether oxygens (including phenoxy) is 2. The van der Waals surface area contributed by atoms with Crippen LogP contribution in [0.4, 0.5) is 0 Å². The molecule has 0 aromatic heterocycles. The summed E-state index contributed by atoms with van der Waals surface area (Å²) in [4.78, 5) is 2.50. The standard InChI is InChI=1S/C16H25NO2/c1-3-10-19-16-7-5-4-6-15(16)12-17-9-8-14(11-17)13-18-2/h4-7,14H,3,8-13H2,1-2H3. The molecule has 1 unspecified atom stereocenters. The third kappa shape index (κ3) is 4.22. The normalized spacial score (nSPS) is 19.8. The predicted molar refractivity (Wildman–Crippen MR) is 77.5 cm³/mol. The van der Waals surface area contributed by atoms with Crippen molar-refractivity contribution in [2.45, 2.75) is 26.3 Å². The molecule has 1 saturated heterocycles. The molecule has 1 aromatic carbocycles. The molecule has 0 bridgehead atoms. The summed E-state index contributed by atoms with van der Waals surface area (Å²) in [5.41, 5.74) is 1.30. The Bertz CT molecular complexity index is 381. The molecule has 0 N–H and O–H groups in total. The Morgan fingerprint density at radius 1 is 1.32 bits per heavy atom. The second-order valence-corrected chi connectivity index (χ2v) is 5.30. The summed E-state index contributed by atoms with van der Waals surface area (Å²) in [5, 5.41) is 0. The van der Waals surface area contributed by atoms with Crippen molar-refractivity contribution in [1.29, 1.82) is 0 Å². The van der Waals surface area contributed by atoms with Gasteiger partial charge < -0.3 is 9.47 Å². The van der Waals surface area contributed by atoms with Crippen LogP contribution in [0.5, 0.6) is 5.75 Å². The molecular formula is C16H25NO2. The fourth-order valence-electron chi connectivity index (χ4n) is 2.66. The van der Waals surface area contributed by atoms with Crippen LogP contribution in [0.1, 0.15) is 25.3 Å². The number of hydrogen-bond donors (Lipinski definition) is 0. The van der Waals surface area contributed by atoms with Crippen LogP contribution in [-0.4, -0.2) is 38.3 Å². The van der Waals surface area contributed by atoms with Gasteiger partial charge in [-0.15, -0.1) is 0 Å². The number of para-hydroxylation sites is 1. The van der Waals surface area contributed by atoms with E-state index in [0.717, 1.165) is 45.0 Å². The van der Waals surface area contributed by atoms with Gasteiger partial charge in [-0.3, -0.25) is 4.90 Å². The van der Waals surface area contributed by atoms with E-state index in [-0.39, 0.29) is 0 Å². The minimum Gasteiger partial charge on any atom is -0.493 e. The quantitative estimate of drug-likeness (QED) is 0.755. The maximum Gasteiger partial charge on any atom is 0.123 e. The van der Waals surface area contributed by atoms with Gasteiger partial charge >= 0.3 is 0 Å². The number of methoxy groups -OCH3 is 1. The third-order valence-electron chi connectivity index (χ3n) is 3.60. The van der Waals surface area contributed by atoms with E-state index in [1.165, 1.54) is 12.0 Å². The van der Waals surface area contributed by atoms with E-state index in [1.807, 2.05) is 6.07 Å². The van der Waals surface area contributed by atoms with Crippen LogP contribution in [0.15, 0.2) is 24.3 Å². The summed E-state index contributed by atoms with van der Waals surface area (Å²) in [6.07, 6.45) is 2.29. The average Bonchev–Trinajstić information content (AvgIpc) is 2.86. The first-order valence-electron chi connectivity index (χ1n) is 7.25. The van der Waals surface area contributed by atoms with Gasteiger partial charge in [-0.1, -0.05) is 25.1 Å². The van der Waals surface area contributed by atoms with E-state index < -0.39 is 0 Å². The van der Waals surface area contributed by atoms with Crippen molar-refractivity contribution < 1.29 is 9.47 Å². The minimum absolute atomic E-state index is 0.689. The molecule has 0 amide bonds. The lowest BCUT2D eigenvalue weighted by Gasteiger charge is -2.18. The van der Waals surface area contributed by atoms with E-state index in [1.54, 1.807) is 7.11 Å². The largest absolute Gasteiger partial charge is 0.493 e. The summed E-state index contributed by atoms with van der Waals surface area (Å²) < 4.78 is 11.1. The lowest BCUT2D eigenvalue weighted by molar-refractivity contribution is 0.152. The Morgan fingerprint density at radius 2 is 2.16 bits per heavy atom. The summed E-state index contributed by atoms with van der Waals surface area (Å²) in [5.74, 6) is 1.73. The Morgan fingerprint density at radius 3 is 2.95 bits per heavy atom. The molecular weight excluding hydrogens is 238 g/mol. The summed E-state index contributed by atoms with van der Waals surface area (Å²) >= 11 is 0. The van der Waals surface area contributed by atoms with Crippen LogP contribution in [-0.2, 0) is 11.3 Å². The van der Waals surface area contributed by atoms with Gasteiger partial charge in [0.1, 0.15) is 5.75 Å². The summed E-state index contributed by atoms with van der Waals surface area (Å²) in [6.45, 7) is 7.10. The van der Waals surface area contributed by atoms with Gasteiger partial charge in [0.05, 0.1) is 13.2 Å². The van der Waals surface area contributed by atoms with Crippen LogP contribution in [0.3, 0.4) is 0 Å². The molecule has 2 rings (SSSR count). The Kier molecular flexibility index (Phi) is 5.67. The van der Waals surface area contributed by atoms with Crippen molar-refractivity contribution in [2.24, 2.45) is 5.92 Å². The maximum absolute atomic E-state index is 5.82. The van der Waals surface area contributed by atoms with Gasteiger partial charge in [0.2, 0.25) is 0 Å². The lowest BCUT2D eigenvalue weighted by Crippen LogP contribution is -2.21. The Hall–Kier alpha value is -1.06. The average molecular weight is 263 g/mol. The van der Waals surface area contributed by atoms with Gasteiger partial charge in [-0.25, -0.2) is 0 Å². The third-order valence-corrected chi connectivity index (χ3v) is 3.60. The molecule has 1 heterocycles. The maximum atomic E-state index is 5.82. The zero-order valence-corrected chi connectivity index (χ0v) is 12.1. The monoisotopic (exact) mass is 263 g/mol. The van der Waals surface area contributed by atoms with Crippen molar-refractivity contribution >= 4 is 0 Å². The SMILES string of the molecule is CCCOc1ccccc1CN1CCC(COC)C1. The second-order valence-electron chi connectivity index (χ2n) is 5.30.